The van der Waals surface area contributed by atoms with Gasteiger partial charge in [-0.05, 0) is 87.3 Å². The standard InChI is InChI=1S/C18H26N2/c1-11-4-3-5-20-17(11)18(19-2)16-14-7-12-6-13(9-14)10-15(16)8-12/h3-5,12-16,18-19H,6-10H2,1-2H3. The molecule has 4 bridgehead atoms. The molecule has 1 heterocycles. The fraction of sp³-hybridized carbons (Fsp3) is 0.722. The van der Waals surface area contributed by atoms with Crippen LogP contribution in [0.4, 0.5) is 0 Å². The molecule has 2 heteroatoms. The quantitative estimate of drug-likeness (QED) is 0.905. The zero-order chi connectivity index (χ0) is 13.7. The van der Waals surface area contributed by atoms with Gasteiger partial charge in [-0.1, -0.05) is 6.07 Å². The average molecular weight is 270 g/mol. The lowest BCUT2D eigenvalue weighted by atomic mass is 9.50. The molecule has 1 N–H and O–H groups in total. The van der Waals surface area contributed by atoms with Crippen molar-refractivity contribution in [1.82, 2.24) is 10.3 Å². The number of pyridine rings is 1. The minimum atomic E-state index is 0.464. The molecule has 1 aromatic rings. The zero-order valence-corrected chi connectivity index (χ0v) is 12.7. The van der Waals surface area contributed by atoms with Gasteiger partial charge in [0.2, 0.25) is 0 Å². The number of hydrogen-bond donors (Lipinski definition) is 1. The van der Waals surface area contributed by atoms with Crippen LogP contribution in [0.3, 0.4) is 0 Å². The first-order valence-corrected chi connectivity index (χ1v) is 8.35. The van der Waals surface area contributed by atoms with Crippen LogP contribution in [-0.4, -0.2) is 12.0 Å². The molecule has 0 saturated heterocycles. The van der Waals surface area contributed by atoms with E-state index in [0.717, 1.165) is 29.6 Å². The first-order valence-electron chi connectivity index (χ1n) is 8.35. The number of aromatic nitrogens is 1. The SMILES string of the molecule is CNC(c1ncccc1C)C1C2CC3CC(C2)CC1C3. The van der Waals surface area contributed by atoms with E-state index in [9.17, 15) is 0 Å². The average Bonchev–Trinajstić information content (AvgIpc) is 2.43. The van der Waals surface area contributed by atoms with E-state index in [1.54, 1.807) is 0 Å². The van der Waals surface area contributed by atoms with Gasteiger partial charge in [-0.3, -0.25) is 4.98 Å². The summed E-state index contributed by atoms with van der Waals surface area (Å²) in [5.41, 5.74) is 2.65. The van der Waals surface area contributed by atoms with Crippen molar-refractivity contribution in [2.75, 3.05) is 7.05 Å². The molecule has 108 valence electrons. The number of nitrogens with zero attached hydrogens (tertiary/aromatic N) is 1. The summed E-state index contributed by atoms with van der Waals surface area (Å²) in [5, 5.41) is 3.62. The molecule has 4 aliphatic carbocycles. The molecular formula is C18H26N2. The van der Waals surface area contributed by atoms with Gasteiger partial charge in [-0.15, -0.1) is 0 Å². The van der Waals surface area contributed by atoms with Crippen LogP contribution in [0, 0.1) is 36.5 Å². The third-order valence-electron chi connectivity index (χ3n) is 6.34. The van der Waals surface area contributed by atoms with Crippen molar-refractivity contribution in [3.8, 4) is 0 Å². The molecule has 1 aromatic heterocycles. The molecule has 1 unspecified atom stereocenters. The van der Waals surface area contributed by atoms with Gasteiger partial charge in [0.05, 0.1) is 11.7 Å². The predicted octanol–water partition coefficient (Wildman–Crippen LogP) is 3.72. The largest absolute Gasteiger partial charge is 0.311 e. The Morgan fingerprint density at radius 2 is 1.75 bits per heavy atom. The van der Waals surface area contributed by atoms with Crippen molar-refractivity contribution in [2.24, 2.45) is 29.6 Å². The number of aryl methyl sites for hydroxylation is 1. The molecule has 4 aliphatic rings. The van der Waals surface area contributed by atoms with E-state index in [0.29, 0.717) is 6.04 Å². The van der Waals surface area contributed by atoms with Crippen molar-refractivity contribution in [1.29, 1.82) is 0 Å². The van der Waals surface area contributed by atoms with E-state index in [2.05, 4.69) is 31.4 Å². The number of nitrogens with one attached hydrogen (secondary N) is 1. The summed E-state index contributed by atoms with van der Waals surface area (Å²) in [6.07, 6.45) is 9.45. The molecule has 20 heavy (non-hydrogen) atoms. The monoisotopic (exact) mass is 270 g/mol. The van der Waals surface area contributed by atoms with Gasteiger partial charge >= 0.3 is 0 Å². The maximum atomic E-state index is 4.72. The van der Waals surface area contributed by atoms with Crippen molar-refractivity contribution in [3.05, 3.63) is 29.6 Å². The molecule has 0 spiro atoms. The Balaban J connectivity index is 1.67. The van der Waals surface area contributed by atoms with Crippen LogP contribution >= 0.6 is 0 Å². The van der Waals surface area contributed by atoms with Crippen LogP contribution in [-0.2, 0) is 0 Å². The van der Waals surface area contributed by atoms with Gasteiger partial charge in [0.25, 0.3) is 0 Å². The van der Waals surface area contributed by atoms with Gasteiger partial charge in [-0.2, -0.15) is 0 Å². The molecule has 0 aromatic carbocycles. The Morgan fingerprint density at radius 3 is 2.30 bits per heavy atom. The van der Waals surface area contributed by atoms with E-state index < -0.39 is 0 Å². The van der Waals surface area contributed by atoms with Crippen molar-refractivity contribution in [2.45, 2.75) is 45.1 Å². The van der Waals surface area contributed by atoms with Gasteiger partial charge in [0.15, 0.2) is 0 Å². The maximum absolute atomic E-state index is 4.72. The first-order chi connectivity index (χ1) is 9.76. The van der Waals surface area contributed by atoms with Crippen LogP contribution in [0.2, 0.25) is 0 Å². The lowest BCUT2D eigenvalue weighted by Gasteiger charge is -2.56. The Kier molecular flexibility index (Phi) is 3.10. The second kappa shape index (κ2) is 4.84. The summed E-state index contributed by atoms with van der Waals surface area (Å²) in [6, 6.07) is 4.73. The van der Waals surface area contributed by atoms with Crippen LogP contribution < -0.4 is 5.32 Å². The second-order valence-electron chi connectivity index (χ2n) is 7.48. The van der Waals surface area contributed by atoms with E-state index in [4.69, 9.17) is 4.98 Å². The highest BCUT2D eigenvalue weighted by molar-refractivity contribution is 5.23. The normalized spacial score (nSPS) is 40.0. The maximum Gasteiger partial charge on any atom is 0.0605 e. The molecular weight excluding hydrogens is 244 g/mol. The molecule has 5 rings (SSSR count). The second-order valence-corrected chi connectivity index (χ2v) is 7.48. The van der Waals surface area contributed by atoms with Crippen molar-refractivity contribution < 1.29 is 0 Å². The van der Waals surface area contributed by atoms with Crippen molar-refractivity contribution >= 4 is 0 Å². The summed E-state index contributed by atoms with van der Waals surface area (Å²) < 4.78 is 0. The smallest absolute Gasteiger partial charge is 0.0605 e. The summed E-state index contributed by atoms with van der Waals surface area (Å²) in [5.74, 6) is 4.82. The fourth-order valence-electron chi connectivity index (χ4n) is 5.85. The Bertz CT molecular complexity index is 468. The highest BCUT2D eigenvalue weighted by Crippen LogP contribution is 2.59. The summed E-state index contributed by atoms with van der Waals surface area (Å²) >= 11 is 0. The summed E-state index contributed by atoms with van der Waals surface area (Å²) in [6.45, 7) is 2.21. The summed E-state index contributed by atoms with van der Waals surface area (Å²) in [4.78, 5) is 4.72. The van der Waals surface area contributed by atoms with Gasteiger partial charge in [-0.25, -0.2) is 0 Å². The van der Waals surface area contributed by atoms with Gasteiger partial charge in [0, 0.05) is 6.20 Å². The Labute approximate surface area is 122 Å². The summed E-state index contributed by atoms with van der Waals surface area (Å²) in [7, 11) is 2.13. The van der Waals surface area contributed by atoms with E-state index in [-0.39, 0.29) is 0 Å². The van der Waals surface area contributed by atoms with Gasteiger partial charge in [0.1, 0.15) is 0 Å². The predicted molar refractivity (Wildman–Crippen MR) is 81.3 cm³/mol. The zero-order valence-electron chi connectivity index (χ0n) is 12.7. The van der Waals surface area contributed by atoms with Gasteiger partial charge < -0.3 is 5.32 Å². The minimum absolute atomic E-state index is 0.464. The lowest BCUT2D eigenvalue weighted by Crippen LogP contribution is -2.49. The fourth-order valence-corrected chi connectivity index (χ4v) is 5.85. The highest BCUT2D eigenvalue weighted by atomic mass is 14.9. The first kappa shape index (κ1) is 12.8. The van der Waals surface area contributed by atoms with Crippen LogP contribution in [0.25, 0.3) is 0 Å². The van der Waals surface area contributed by atoms with E-state index in [1.807, 2.05) is 6.20 Å². The van der Waals surface area contributed by atoms with Crippen molar-refractivity contribution in [3.63, 3.8) is 0 Å². The number of rotatable bonds is 3. The lowest BCUT2D eigenvalue weighted by molar-refractivity contribution is -0.0521. The molecule has 0 radical (unpaired) electrons. The molecule has 4 saturated carbocycles. The third kappa shape index (κ3) is 1.92. The van der Waals surface area contributed by atoms with Crippen LogP contribution in [0.5, 0.6) is 0 Å². The molecule has 4 fully saturated rings. The number of hydrogen-bond acceptors (Lipinski definition) is 2. The molecule has 0 aliphatic heterocycles. The van der Waals surface area contributed by atoms with Crippen LogP contribution in [0.1, 0.15) is 49.4 Å². The Morgan fingerprint density at radius 1 is 1.10 bits per heavy atom. The van der Waals surface area contributed by atoms with E-state index in [1.165, 1.54) is 43.4 Å². The molecule has 2 nitrogen and oxygen atoms in total. The molecule has 1 atom stereocenters. The minimum Gasteiger partial charge on any atom is -0.311 e. The van der Waals surface area contributed by atoms with Crippen LogP contribution in [0.15, 0.2) is 18.3 Å². The van der Waals surface area contributed by atoms with E-state index >= 15 is 0 Å². The highest BCUT2D eigenvalue weighted by Gasteiger charge is 2.50. The molecule has 0 amide bonds. The third-order valence-corrected chi connectivity index (χ3v) is 6.34. The topological polar surface area (TPSA) is 24.9 Å². The Hall–Kier alpha value is -0.890.